The van der Waals surface area contributed by atoms with Crippen LogP contribution in [-0.4, -0.2) is 28.5 Å². The fourth-order valence-corrected chi connectivity index (χ4v) is 4.31. The first kappa shape index (κ1) is 19.6. The quantitative estimate of drug-likeness (QED) is 0.651. The molecule has 0 unspecified atom stereocenters. The summed E-state index contributed by atoms with van der Waals surface area (Å²) in [5, 5.41) is 7.48. The molecule has 0 bridgehead atoms. The summed E-state index contributed by atoms with van der Waals surface area (Å²) in [5.74, 6) is 0.383. The van der Waals surface area contributed by atoms with Crippen molar-refractivity contribution in [1.82, 2.24) is 10.1 Å². The first-order valence-electron chi connectivity index (χ1n) is 9.24. The van der Waals surface area contributed by atoms with E-state index in [9.17, 15) is 9.59 Å². The van der Waals surface area contributed by atoms with E-state index in [1.165, 1.54) is 11.3 Å². The summed E-state index contributed by atoms with van der Waals surface area (Å²) in [7, 11) is 0. The standard InChI is InChI=1S/C20H19ClN4O3S/c1-3-17-23-19(24-28-17)16-9-15(11(2)29-16)22-20(27)12-7-18(26)25(10-12)14-6-4-5-13(21)8-14/h4-6,8-9,12H,3,7,10H2,1-2H3,(H,22,27)/t12-/m0/s1. The summed E-state index contributed by atoms with van der Waals surface area (Å²) < 4.78 is 5.16. The molecule has 3 heterocycles. The molecular formula is C20H19ClN4O3S. The maximum Gasteiger partial charge on any atom is 0.229 e. The van der Waals surface area contributed by atoms with Gasteiger partial charge in [0.05, 0.1) is 16.5 Å². The molecule has 29 heavy (non-hydrogen) atoms. The fourth-order valence-electron chi connectivity index (χ4n) is 3.23. The van der Waals surface area contributed by atoms with Gasteiger partial charge in [-0.2, -0.15) is 4.98 Å². The molecular weight excluding hydrogens is 412 g/mol. The van der Waals surface area contributed by atoms with Crippen LogP contribution in [0.3, 0.4) is 0 Å². The Balaban J connectivity index is 1.46. The molecule has 1 atom stereocenters. The van der Waals surface area contributed by atoms with E-state index in [0.717, 1.165) is 9.75 Å². The first-order valence-corrected chi connectivity index (χ1v) is 10.4. The van der Waals surface area contributed by atoms with Gasteiger partial charge in [-0.25, -0.2) is 0 Å². The van der Waals surface area contributed by atoms with Crippen LogP contribution in [0, 0.1) is 12.8 Å². The highest BCUT2D eigenvalue weighted by Gasteiger charge is 2.35. The Kier molecular flexibility index (Phi) is 5.38. The Morgan fingerprint density at radius 3 is 2.97 bits per heavy atom. The minimum absolute atomic E-state index is 0.0889. The van der Waals surface area contributed by atoms with Crippen LogP contribution in [0.1, 0.15) is 24.1 Å². The molecule has 0 saturated carbocycles. The zero-order chi connectivity index (χ0) is 20.5. The van der Waals surface area contributed by atoms with E-state index in [0.29, 0.717) is 41.1 Å². The second kappa shape index (κ2) is 7.96. The van der Waals surface area contributed by atoms with Crippen molar-refractivity contribution in [2.24, 2.45) is 5.92 Å². The number of nitrogens with zero attached hydrogens (tertiary/aromatic N) is 3. The molecule has 0 spiro atoms. The van der Waals surface area contributed by atoms with Crippen LogP contribution in [0.4, 0.5) is 11.4 Å². The molecule has 2 amide bonds. The third-order valence-corrected chi connectivity index (χ3v) is 6.06. The highest BCUT2D eigenvalue weighted by atomic mass is 35.5. The van der Waals surface area contributed by atoms with Crippen LogP contribution in [0.15, 0.2) is 34.9 Å². The summed E-state index contributed by atoms with van der Waals surface area (Å²) >= 11 is 7.51. The lowest BCUT2D eigenvalue weighted by Gasteiger charge is -2.17. The lowest BCUT2D eigenvalue weighted by atomic mass is 10.1. The number of amides is 2. The lowest BCUT2D eigenvalue weighted by Crippen LogP contribution is -2.28. The predicted octanol–water partition coefficient (Wildman–Crippen LogP) is 4.31. The number of benzene rings is 1. The van der Waals surface area contributed by atoms with Gasteiger partial charge in [0.1, 0.15) is 0 Å². The van der Waals surface area contributed by atoms with Crippen molar-refractivity contribution in [1.29, 1.82) is 0 Å². The van der Waals surface area contributed by atoms with E-state index in [1.54, 1.807) is 23.1 Å². The zero-order valence-corrected chi connectivity index (χ0v) is 17.5. The molecule has 0 radical (unpaired) electrons. The maximum absolute atomic E-state index is 12.8. The second-order valence-electron chi connectivity index (χ2n) is 6.82. The highest BCUT2D eigenvalue weighted by Crippen LogP contribution is 2.34. The van der Waals surface area contributed by atoms with Gasteiger partial charge in [-0.05, 0) is 31.2 Å². The highest BCUT2D eigenvalue weighted by molar-refractivity contribution is 7.16. The third-order valence-electron chi connectivity index (χ3n) is 4.78. The SMILES string of the molecule is CCc1nc(-c2cc(NC(=O)[C@H]3CC(=O)N(c4cccc(Cl)c4)C3)c(C)s2)no1. The largest absolute Gasteiger partial charge is 0.339 e. The number of thiophene rings is 1. The van der Waals surface area contributed by atoms with E-state index < -0.39 is 5.92 Å². The van der Waals surface area contributed by atoms with E-state index in [-0.39, 0.29) is 18.2 Å². The number of hydrogen-bond acceptors (Lipinski definition) is 6. The van der Waals surface area contributed by atoms with E-state index >= 15 is 0 Å². The predicted molar refractivity (Wildman–Crippen MR) is 112 cm³/mol. The van der Waals surface area contributed by atoms with Gasteiger partial charge in [0.25, 0.3) is 0 Å². The molecule has 1 saturated heterocycles. The van der Waals surface area contributed by atoms with Gasteiger partial charge in [0.2, 0.25) is 23.5 Å². The molecule has 1 aliphatic rings. The Morgan fingerprint density at radius 1 is 1.41 bits per heavy atom. The molecule has 9 heteroatoms. The van der Waals surface area contributed by atoms with Crippen molar-refractivity contribution in [2.45, 2.75) is 26.7 Å². The number of hydrogen-bond donors (Lipinski definition) is 1. The van der Waals surface area contributed by atoms with Crippen LogP contribution >= 0.6 is 22.9 Å². The van der Waals surface area contributed by atoms with Crippen molar-refractivity contribution >= 4 is 46.1 Å². The molecule has 7 nitrogen and oxygen atoms in total. The summed E-state index contributed by atoms with van der Waals surface area (Å²) in [6, 6.07) is 8.92. The average Bonchev–Trinajstić information content (AvgIpc) is 3.40. The molecule has 3 aromatic rings. The number of aryl methyl sites for hydroxylation is 2. The van der Waals surface area contributed by atoms with E-state index in [1.807, 2.05) is 26.0 Å². The van der Waals surface area contributed by atoms with Gasteiger partial charge in [0, 0.05) is 35.0 Å². The first-order chi connectivity index (χ1) is 13.9. The number of halogens is 1. The van der Waals surface area contributed by atoms with E-state index in [2.05, 4.69) is 15.5 Å². The molecule has 1 N–H and O–H groups in total. The molecule has 4 rings (SSSR count). The molecule has 2 aromatic heterocycles. The van der Waals surface area contributed by atoms with Crippen LogP contribution in [-0.2, 0) is 16.0 Å². The Labute approximate surface area is 176 Å². The molecule has 150 valence electrons. The summed E-state index contributed by atoms with van der Waals surface area (Å²) in [6.45, 7) is 4.19. The van der Waals surface area contributed by atoms with Crippen LogP contribution in [0.5, 0.6) is 0 Å². The van der Waals surface area contributed by atoms with Gasteiger partial charge in [-0.1, -0.05) is 29.7 Å². The minimum Gasteiger partial charge on any atom is -0.339 e. The summed E-state index contributed by atoms with van der Waals surface area (Å²) in [6.07, 6.45) is 0.832. The Hall–Kier alpha value is -2.71. The van der Waals surface area contributed by atoms with Crippen LogP contribution in [0.25, 0.3) is 10.7 Å². The van der Waals surface area contributed by atoms with Crippen molar-refractivity contribution in [2.75, 3.05) is 16.8 Å². The summed E-state index contributed by atoms with van der Waals surface area (Å²) in [5.41, 5.74) is 1.40. The molecule has 0 aliphatic carbocycles. The number of aromatic nitrogens is 2. The Morgan fingerprint density at radius 2 is 2.24 bits per heavy atom. The molecule has 1 aliphatic heterocycles. The topological polar surface area (TPSA) is 88.3 Å². The average molecular weight is 431 g/mol. The van der Waals surface area contributed by atoms with Crippen molar-refractivity contribution < 1.29 is 14.1 Å². The van der Waals surface area contributed by atoms with Gasteiger partial charge < -0.3 is 14.7 Å². The molecule has 1 aromatic carbocycles. The number of nitrogens with one attached hydrogen (secondary N) is 1. The lowest BCUT2D eigenvalue weighted by molar-refractivity contribution is -0.122. The zero-order valence-electron chi connectivity index (χ0n) is 15.9. The number of carbonyl (C=O) groups is 2. The maximum atomic E-state index is 12.8. The van der Waals surface area contributed by atoms with Gasteiger partial charge in [-0.15, -0.1) is 11.3 Å². The minimum atomic E-state index is -0.430. The third kappa shape index (κ3) is 4.04. The summed E-state index contributed by atoms with van der Waals surface area (Å²) in [4.78, 5) is 32.9. The van der Waals surface area contributed by atoms with E-state index in [4.69, 9.17) is 16.1 Å². The van der Waals surface area contributed by atoms with Gasteiger partial charge in [-0.3, -0.25) is 9.59 Å². The van der Waals surface area contributed by atoms with Crippen molar-refractivity contribution in [3.05, 3.63) is 46.1 Å². The van der Waals surface area contributed by atoms with Gasteiger partial charge in [0.15, 0.2) is 0 Å². The fraction of sp³-hybridized carbons (Fsp3) is 0.300. The number of anilines is 2. The number of rotatable bonds is 5. The monoisotopic (exact) mass is 430 g/mol. The molecule has 1 fully saturated rings. The van der Waals surface area contributed by atoms with Crippen molar-refractivity contribution in [3.63, 3.8) is 0 Å². The Bertz CT molecular complexity index is 1080. The second-order valence-corrected chi connectivity index (χ2v) is 8.51. The van der Waals surface area contributed by atoms with Crippen LogP contribution in [0.2, 0.25) is 5.02 Å². The van der Waals surface area contributed by atoms with Crippen LogP contribution < -0.4 is 10.2 Å². The van der Waals surface area contributed by atoms with Crippen molar-refractivity contribution in [3.8, 4) is 10.7 Å². The normalized spacial score (nSPS) is 16.4. The van der Waals surface area contributed by atoms with Gasteiger partial charge >= 0.3 is 0 Å². The number of carbonyl (C=O) groups excluding carboxylic acids is 2. The smallest absolute Gasteiger partial charge is 0.229 e.